The molecule has 0 amide bonds. The standard InChI is InChI=1S/C18H23FN4O/c1-3-4-15(20)18(23-5-7-24-8-6-23)11-16(21)13-10-17(22)14(19)9-12(13)2/h9-11H,5-8,20-22H2,1-2H3/b16-11-,18-15+. The van der Waals surface area contributed by atoms with E-state index in [0.717, 1.165) is 5.70 Å². The lowest BCUT2D eigenvalue weighted by molar-refractivity contribution is 0.0551. The largest absolute Gasteiger partial charge is 0.398 e. The Morgan fingerprint density at radius 3 is 2.58 bits per heavy atom. The number of halogens is 1. The van der Waals surface area contributed by atoms with E-state index in [-0.39, 0.29) is 5.69 Å². The van der Waals surface area contributed by atoms with Crippen LogP contribution in [0.15, 0.2) is 29.6 Å². The fourth-order valence-electron chi connectivity index (χ4n) is 2.57. The van der Waals surface area contributed by atoms with E-state index in [0.29, 0.717) is 48.8 Å². The number of nitrogens with two attached hydrogens (primary N) is 3. The van der Waals surface area contributed by atoms with E-state index in [9.17, 15) is 4.39 Å². The van der Waals surface area contributed by atoms with Crippen LogP contribution < -0.4 is 17.2 Å². The Morgan fingerprint density at radius 2 is 1.96 bits per heavy atom. The molecule has 1 saturated heterocycles. The number of nitrogen functional groups attached to an aromatic ring is 1. The first-order chi connectivity index (χ1) is 11.4. The first-order valence-electron chi connectivity index (χ1n) is 7.72. The van der Waals surface area contributed by atoms with E-state index in [1.54, 1.807) is 19.9 Å². The van der Waals surface area contributed by atoms with Gasteiger partial charge >= 0.3 is 0 Å². The number of rotatable bonds is 3. The van der Waals surface area contributed by atoms with Crippen LogP contribution in [0.3, 0.4) is 0 Å². The van der Waals surface area contributed by atoms with Crippen LogP contribution in [0.5, 0.6) is 0 Å². The van der Waals surface area contributed by atoms with Gasteiger partial charge in [-0.05, 0) is 43.5 Å². The van der Waals surface area contributed by atoms with Crippen LogP contribution >= 0.6 is 0 Å². The lowest BCUT2D eigenvalue weighted by Crippen LogP contribution is -2.36. The average Bonchev–Trinajstić information content (AvgIpc) is 2.56. The number of morpholine rings is 1. The molecule has 24 heavy (non-hydrogen) atoms. The fourth-order valence-corrected chi connectivity index (χ4v) is 2.57. The Labute approximate surface area is 141 Å². The molecule has 1 aromatic rings. The van der Waals surface area contributed by atoms with Gasteiger partial charge in [-0.25, -0.2) is 4.39 Å². The highest BCUT2D eigenvalue weighted by molar-refractivity contribution is 5.71. The van der Waals surface area contributed by atoms with E-state index in [4.69, 9.17) is 21.9 Å². The summed E-state index contributed by atoms with van der Waals surface area (Å²) < 4.78 is 18.9. The van der Waals surface area contributed by atoms with Crippen LogP contribution in [-0.4, -0.2) is 31.2 Å². The van der Waals surface area contributed by atoms with Gasteiger partial charge in [-0.3, -0.25) is 0 Å². The summed E-state index contributed by atoms with van der Waals surface area (Å²) in [5.74, 6) is 5.22. The fraction of sp³-hybridized carbons (Fsp3) is 0.333. The molecule has 0 aromatic heterocycles. The Kier molecular flexibility index (Phi) is 5.72. The lowest BCUT2D eigenvalue weighted by Gasteiger charge is -2.30. The third-order valence-electron chi connectivity index (χ3n) is 3.83. The number of aryl methyl sites for hydroxylation is 1. The number of hydrogen-bond donors (Lipinski definition) is 3. The van der Waals surface area contributed by atoms with Crippen LogP contribution in [0, 0.1) is 24.6 Å². The number of anilines is 1. The van der Waals surface area contributed by atoms with Gasteiger partial charge in [-0.15, -0.1) is 0 Å². The predicted molar refractivity (Wildman–Crippen MR) is 94.8 cm³/mol. The minimum absolute atomic E-state index is 0.0603. The number of allylic oxidation sites excluding steroid dienone is 2. The van der Waals surface area contributed by atoms with Crippen LogP contribution in [0.25, 0.3) is 5.70 Å². The van der Waals surface area contributed by atoms with Gasteiger partial charge in [0.05, 0.1) is 24.6 Å². The van der Waals surface area contributed by atoms with Crippen molar-refractivity contribution >= 4 is 11.4 Å². The highest BCUT2D eigenvalue weighted by Crippen LogP contribution is 2.23. The number of nitrogens with zero attached hydrogens (tertiary/aromatic N) is 1. The van der Waals surface area contributed by atoms with Crippen molar-refractivity contribution in [1.29, 1.82) is 0 Å². The topological polar surface area (TPSA) is 90.5 Å². The Bertz CT molecular complexity index is 737. The molecule has 6 heteroatoms. The molecule has 0 unspecified atom stereocenters. The van der Waals surface area contributed by atoms with Crippen LogP contribution in [0.1, 0.15) is 18.1 Å². The average molecular weight is 330 g/mol. The Hall–Kier alpha value is -2.65. The van der Waals surface area contributed by atoms with Crippen LogP contribution in [0.4, 0.5) is 10.1 Å². The monoisotopic (exact) mass is 330 g/mol. The van der Waals surface area contributed by atoms with Gasteiger partial charge in [0, 0.05) is 24.4 Å². The number of hydrogen-bond acceptors (Lipinski definition) is 5. The van der Waals surface area contributed by atoms with Crippen LogP contribution in [0.2, 0.25) is 0 Å². The molecule has 6 N–H and O–H groups in total. The molecule has 5 nitrogen and oxygen atoms in total. The second-order valence-corrected chi connectivity index (χ2v) is 5.56. The maximum atomic E-state index is 13.5. The van der Waals surface area contributed by atoms with Crippen molar-refractivity contribution in [3.05, 3.63) is 46.5 Å². The van der Waals surface area contributed by atoms with Gasteiger partial charge in [0.1, 0.15) is 11.5 Å². The summed E-state index contributed by atoms with van der Waals surface area (Å²) in [5.41, 5.74) is 21.1. The summed E-state index contributed by atoms with van der Waals surface area (Å²) in [6.07, 6.45) is 1.77. The van der Waals surface area contributed by atoms with Gasteiger partial charge in [-0.1, -0.05) is 5.92 Å². The molecule has 0 spiro atoms. The summed E-state index contributed by atoms with van der Waals surface area (Å²) in [6.45, 7) is 6.15. The molecule has 1 fully saturated rings. The zero-order chi connectivity index (χ0) is 17.7. The molecule has 0 atom stereocenters. The molecular weight excluding hydrogens is 307 g/mol. The minimum atomic E-state index is -0.454. The molecule has 1 aromatic carbocycles. The van der Waals surface area contributed by atoms with Crippen LogP contribution in [-0.2, 0) is 4.74 Å². The summed E-state index contributed by atoms with van der Waals surface area (Å²) in [7, 11) is 0. The van der Waals surface area contributed by atoms with E-state index in [1.807, 2.05) is 0 Å². The molecule has 2 rings (SSSR count). The molecule has 1 aliphatic heterocycles. The molecule has 0 saturated carbocycles. The second-order valence-electron chi connectivity index (χ2n) is 5.56. The summed E-state index contributed by atoms with van der Waals surface area (Å²) in [4.78, 5) is 2.08. The van der Waals surface area contributed by atoms with Crippen molar-refractivity contribution in [3.8, 4) is 11.8 Å². The van der Waals surface area contributed by atoms with Gasteiger partial charge in [0.15, 0.2) is 0 Å². The highest BCUT2D eigenvalue weighted by Gasteiger charge is 2.16. The molecule has 0 radical (unpaired) electrons. The van der Waals surface area contributed by atoms with Crippen molar-refractivity contribution in [2.45, 2.75) is 13.8 Å². The Morgan fingerprint density at radius 1 is 1.29 bits per heavy atom. The lowest BCUT2D eigenvalue weighted by atomic mass is 10.0. The number of ether oxygens (including phenoxy) is 1. The third kappa shape index (κ3) is 4.00. The first kappa shape index (κ1) is 17.7. The van der Waals surface area contributed by atoms with Crippen molar-refractivity contribution in [2.24, 2.45) is 11.5 Å². The smallest absolute Gasteiger partial charge is 0.146 e. The molecule has 0 aliphatic carbocycles. The van der Waals surface area contributed by atoms with Gasteiger partial charge < -0.3 is 26.8 Å². The van der Waals surface area contributed by atoms with E-state index in [2.05, 4.69) is 16.7 Å². The molecular formula is C18H23FN4O. The van der Waals surface area contributed by atoms with Crippen molar-refractivity contribution in [3.63, 3.8) is 0 Å². The van der Waals surface area contributed by atoms with Crippen molar-refractivity contribution < 1.29 is 9.13 Å². The van der Waals surface area contributed by atoms with Gasteiger partial charge in [0.2, 0.25) is 0 Å². The van der Waals surface area contributed by atoms with Gasteiger partial charge in [-0.2, -0.15) is 0 Å². The quantitative estimate of drug-likeness (QED) is 0.444. The zero-order valence-corrected chi connectivity index (χ0v) is 14.0. The SMILES string of the molecule is CC#C/C(N)=C(/C=C(\N)c1cc(N)c(F)cc1C)N1CCOCC1. The minimum Gasteiger partial charge on any atom is -0.398 e. The van der Waals surface area contributed by atoms with E-state index >= 15 is 0 Å². The Balaban J connectivity index is 2.47. The summed E-state index contributed by atoms with van der Waals surface area (Å²) in [5, 5.41) is 0. The second kappa shape index (κ2) is 7.75. The highest BCUT2D eigenvalue weighted by atomic mass is 19.1. The van der Waals surface area contributed by atoms with E-state index < -0.39 is 5.82 Å². The molecule has 0 bridgehead atoms. The predicted octanol–water partition coefficient (Wildman–Crippen LogP) is 1.54. The third-order valence-corrected chi connectivity index (χ3v) is 3.83. The molecule has 128 valence electrons. The summed E-state index contributed by atoms with van der Waals surface area (Å²) >= 11 is 0. The molecule has 1 heterocycles. The summed E-state index contributed by atoms with van der Waals surface area (Å²) in [6, 6.07) is 2.91. The van der Waals surface area contributed by atoms with E-state index in [1.165, 1.54) is 12.1 Å². The maximum absolute atomic E-state index is 13.5. The normalized spacial score (nSPS) is 16.3. The molecule has 1 aliphatic rings. The van der Waals surface area contributed by atoms with Crippen molar-refractivity contribution in [2.75, 3.05) is 32.0 Å². The van der Waals surface area contributed by atoms with Gasteiger partial charge in [0.25, 0.3) is 0 Å². The van der Waals surface area contributed by atoms with Crippen molar-refractivity contribution in [1.82, 2.24) is 4.90 Å². The number of benzene rings is 1. The maximum Gasteiger partial charge on any atom is 0.146 e. The zero-order valence-electron chi connectivity index (χ0n) is 14.0. The first-order valence-corrected chi connectivity index (χ1v) is 7.72.